The number of ether oxygens (including phenoxy) is 2. The van der Waals surface area contributed by atoms with Gasteiger partial charge in [0.25, 0.3) is 15.8 Å². The van der Waals surface area contributed by atoms with Crippen LogP contribution in [0.2, 0.25) is 0 Å². The molecule has 1 N–H and O–H groups in total. The molecule has 1 fully saturated rings. The number of hydrogen-bond donors (Lipinski definition) is 1. The summed E-state index contributed by atoms with van der Waals surface area (Å²) in [6, 6.07) is 2.15. The lowest BCUT2D eigenvalue weighted by Gasteiger charge is -2.21. The zero-order valence-corrected chi connectivity index (χ0v) is 14.8. The lowest BCUT2D eigenvalue weighted by molar-refractivity contribution is -0.385. The number of nitro benzene ring substituents is 1. The summed E-state index contributed by atoms with van der Waals surface area (Å²) in [4.78, 5) is 10.4. The molecule has 1 aromatic carbocycles. The van der Waals surface area contributed by atoms with E-state index in [0.29, 0.717) is 0 Å². The monoisotopic (exact) mass is 359 g/mol. The summed E-state index contributed by atoms with van der Waals surface area (Å²) in [6.45, 7) is 7.11. The highest BCUT2D eigenvalue weighted by Crippen LogP contribution is 2.41. The van der Waals surface area contributed by atoms with Crippen LogP contribution in [0.4, 0.5) is 5.69 Å². The maximum atomic E-state index is 11.8. The standard InChI is InChI=1S/C15H21NO7S/c1-9(2)7-10-11(16(17)18)5-6-13(24(19,20)21)14(10)12-8-22-15(3,4)23-12/h5-6,9,12H,7-8H2,1-4H3,(H,19,20,21)/t12-/m0/s1. The number of nitrogens with zero attached hydrogens (tertiary/aromatic N) is 1. The van der Waals surface area contributed by atoms with E-state index in [0.717, 1.165) is 12.1 Å². The summed E-state index contributed by atoms with van der Waals surface area (Å²) in [5, 5.41) is 11.4. The van der Waals surface area contributed by atoms with E-state index < -0.39 is 26.9 Å². The predicted molar refractivity (Wildman–Crippen MR) is 85.3 cm³/mol. The fourth-order valence-corrected chi connectivity index (χ4v) is 3.61. The van der Waals surface area contributed by atoms with Gasteiger partial charge in [-0.1, -0.05) is 13.8 Å². The van der Waals surface area contributed by atoms with E-state index in [2.05, 4.69) is 0 Å². The Kier molecular flexibility index (Phi) is 5.01. The summed E-state index contributed by atoms with van der Waals surface area (Å²) in [5.41, 5.74) is 0.154. The van der Waals surface area contributed by atoms with Gasteiger partial charge in [0.15, 0.2) is 5.79 Å². The molecule has 24 heavy (non-hydrogen) atoms. The van der Waals surface area contributed by atoms with Gasteiger partial charge in [0.1, 0.15) is 11.0 Å². The van der Waals surface area contributed by atoms with Crippen LogP contribution in [0.1, 0.15) is 44.9 Å². The smallest absolute Gasteiger partial charge is 0.294 e. The van der Waals surface area contributed by atoms with Crippen molar-refractivity contribution in [3.63, 3.8) is 0 Å². The summed E-state index contributed by atoms with van der Waals surface area (Å²) >= 11 is 0. The molecule has 2 rings (SSSR count). The van der Waals surface area contributed by atoms with Crippen LogP contribution in [-0.4, -0.2) is 30.3 Å². The topological polar surface area (TPSA) is 116 Å². The first-order valence-corrected chi connectivity index (χ1v) is 8.96. The third kappa shape index (κ3) is 3.92. The van der Waals surface area contributed by atoms with Gasteiger partial charge in [-0.25, -0.2) is 0 Å². The molecule has 0 bridgehead atoms. The van der Waals surface area contributed by atoms with Gasteiger partial charge in [0, 0.05) is 17.2 Å². The summed E-state index contributed by atoms with van der Waals surface area (Å²) in [7, 11) is -4.57. The molecule has 0 radical (unpaired) electrons. The third-order valence-electron chi connectivity index (χ3n) is 3.71. The molecule has 1 atom stereocenters. The Labute approximate surface area is 140 Å². The van der Waals surface area contributed by atoms with Gasteiger partial charge in [-0.3, -0.25) is 14.7 Å². The fourth-order valence-electron chi connectivity index (χ4n) is 2.83. The lowest BCUT2D eigenvalue weighted by atomic mass is 9.93. The Hall–Kier alpha value is -1.55. The summed E-state index contributed by atoms with van der Waals surface area (Å²) in [6.07, 6.45) is -0.541. The van der Waals surface area contributed by atoms with Gasteiger partial charge in [0.05, 0.1) is 11.5 Å². The highest BCUT2D eigenvalue weighted by molar-refractivity contribution is 7.85. The van der Waals surface area contributed by atoms with E-state index in [-0.39, 0.29) is 40.7 Å². The number of benzene rings is 1. The van der Waals surface area contributed by atoms with Crippen molar-refractivity contribution in [1.29, 1.82) is 0 Å². The van der Waals surface area contributed by atoms with Gasteiger partial charge in [-0.15, -0.1) is 0 Å². The third-order valence-corrected chi connectivity index (χ3v) is 4.62. The molecular formula is C15H21NO7S. The Morgan fingerprint density at radius 1 is 1.42 bits per heavy atom. The van der Waals surface area contributed by atoms with Crippen molar-refractivity contribution in [3.05, 3.63) is 33.4 Å². The van der Waals surface area contributed by atoms with Crippen LogP contribution < -0.4 is 0 Å². The van der Waals surface area contributed by atoms with E-state index in [1.165, 1.54) is 0 Å². The van der Waals surface area contributed by atoms with Gasteiger partial charge in [-0.2, -0.15) is 8.42 Å². The van der Waals surface area contributed by atoms with Crippen LogP contribution in [0.25, 0.3) is 0 Å². The molecule has 1 aliphatic heterocycles. The highest BCUT2D eigenvalue weighted by atomic mass is 32.2. The highest BCUT2D eigenvalue weighted by Gasteiger charge is 2.39. The Balaban J connectivity index is 2.74. The average Bonchev–Trinajstić information content (AvgIpc) is 2.76. The largest absolute Gasteiger partial charge is 0.347 e. The minimum atomic E-state index is -4.57. The molecule has 1 aliphatic rings. The summed E-state index contributed by atoms with van der Waals surface area (Å²) in [5.74, 6) is -0.907. The first-order chi connectivity index (χ1) is 10.9. The maximum Gasteiger partial charge on any atom is 0.294 e. The zero-order chi connectivity index (χ0) is 18.3. The van der Waals surface area contributed by atoms with Gasteiger partial charge >= 0.3 is 0 Å². The van der Waals surface area contributed by atoms with Crippen LogP contribution in [0.5, 0.6) is 0 Å². The maximum absolute atomic E-state index is 11.8. The number of hydrogen-bond acceptors (Lipinski definition) is 6. The van der Waals surface area contributed by atoms with E-state index >= 15 is 0 Å². The molecule has 0 unspecified atom stereocenters. The number of nitro groups is 1. The van der Waals surface area contributed by atoms with Crippen molar-refractivity contribution in [3.8, 4) is 0 Å². The second kappa shape index (κ2) is 6.40. The molecule has 9 heteroatoms. The molecule has 1 heterocycles. The van der Waals surface area contributed by atoms with Crippen molar-refractivity contribution in [1.82, 2.24) is 0 Å². The molecule has 0 spiro atoms. The van der Waals surface area contributed by atoms with E-state index in [9.17, 15) is 23.1 Å². The fraction of sp³-hybridized carbons (Fsp3) is 0.600. The summed E-state index contributed by atoms with van der Waals surface area (Å²) < 4.78 is 44.3. The van der Waals surface area contributed by atoms with Crippen LogP contribution in [0, 0.1) is 16.0 Å². The Bertz CT molecular complexity index is 755. The first-order valence-electron chi connectivity index (χ1n) is 7.52. The van der Waals surface area contributed by atoms with Gasteiger partial charge in [0.2, 0.25) is 0 Å². The molecule has 1 saturated heterocycles. The molecule has 0 aliphatic carbocycles. The minimum Gasteiger partial charge on any atom is -0.347 e. The van der Waals surface area contributed by atoms with E-state index in [1.54, 1.807) is 13.8 Å². The molecular weight excluding hydrogens is 338 g/mol. The van der Waals surface area contributed by atoms with Crippen LogP contribution in [0.15, 0.2) is 17.0 Å². The Morgan fingerprint density at radius 2 is 2.04 bits per heavy atom. The minimum absolute atomic E-state index is 0.0365. The molecule has 8 nitrogen and oxygen atoms in total. The van der Waals surface area contributed by atoms with Gasteiger partial charge < -0.3 is 9.47 Å². The molecule has 1 aromatic rings. The SMILES string of the molecule is CC(C)Cc1c([N+](=O)[O-])ccc(S(=O)(=O)O)c1[C@@H]1COC(C)(C)O1. The second-order valence-corrected chi connectivity index (χ2v) is 8.01. The average molecular weight is 359 g/mol. The molecule has 134 valence electrons. The van der Waals surface area contributed by atoms with E-state index in [4.69, 9.17) is 9.47 Å². The number of rotatable bonds is 5. The van der Waals surface area contributed by atoms with Crippen molar-refractivity contribution in [2.45, 2.75) is 50.9 Å². The normalized spacial score (nSPS) is 20.5. The second-order valence-electron chi connectivity index (χ2n) is 6.62. The van der Waals surface area contributed by atoms with Crippen molar-refractivity contribution in [2.75, 3.05) is 6.61 Å². The van der Waals surface area contributed by atoms with Crippen molar-refractivity contribution >= 4 is 15.8 Å². The molecule has 0 amide bonds. The van der Waals surface area contributed by atoms with Crippen LogP contribution >= 0.6 is 0 Å². The molecule has 0 aromatic heterocycles. The van der Waals surface area contributed by atoms with Crippen LogP contribution in [0.3, 0.4) is 0 Å². The van der Waals surface area contributed by atoms with Crippen molar-refractivity contribution in [2.24, 2.45) is 5.92 Å². The Morgan fingerprint density at radius 3 is 2.46 bits per heavy atom. The lowest BCUT2D eigenvalue weighted by Crippen LogP contribution is -2.21. The van der Waals surface area contributed by atoms with Crippen LogP contribution in [-0.2, 0) is 26.0 Å². The predicted octanol–water partition coefficient (Wildman–Crippen LogP) is 2.86. The zero-order valence-electron chi connectivity index (χ0n) is 14.0. The quantitative estimate of drug-likeness (QED) is 0.488. The van der Waals surface area contributed by atoms with E-state index in [1.807, 2.05) is 13.8 Å². The van der Waals surface area contributed by atoms with Gasteiger partial charge in [-0.05, 0) is 32.3 Å². The molecule has 0 saturated carbocycles. The van der Waals surface area contributed by atoms with Crippen molar-refractivity contribution < 1.29 is 27.4 Å². The first kappa shape index (κ1) is 18.8.